The average molecular weight is 543 g/mol. The second-order valence-corrected chi connectivity index (χ2v) is 10.3. The zero-order valence-corrected chi connectivity index (χ0v) is 21.1. The Morgan fingerprint density at radius 1 is 0.974 bits per heavy atom. The number of alkyl halides is 6. The number of benzene rings is 2. The monoisotopic (exact) mass is 542 g/mol. The molecule has 1 unspecified atom stereocenters. The van der Waals surface area contributed by atoms with Gasteiger partial charge in [0.05, 0.1) is 29.4 Å². The van der Waals surface area contributed by atoms with Crippen LogP contribution in [0.4, 0.5) is 26.3 Å². The van der Waals surface area contributed by atoms with Crippen molar-refractivity contribution in [3.8, 4) is 0 Å². The van der Waals surface area contributed by atoms with Crippen LogP contribution in [0.15, 0.2) is 48.5 Å². The summed E-state index contributed by atoms with van der Waals surface area (Å²) in [6, 6.07) is 10.9. The molecule has 2 N–H and O–H groups in total. The molecule has 1 amide bonds. The molecule has 4 rings (SSSR count). The van der Waals surface area contributed by atoms with Crippen LogP contribution in [0.5, 0.6) is 0 Å². The Morgan fingerprint density at radius 3 is 2.18 bits per heavy atom. The third-order valence-electron chi connectivity index (χ3n) is 7.78. The maximum Gasteiger partial charge on any atom is 0.416 e. The lowest BCUT2D eigenvalue weighted by Gasteiger charge is -2.42. The molecule has 1 saturated heterocycles. The number of ether oxygens (including phenoxy) is 1. The topological polar surface area (TPSA) is 55.6 Å². The van der Waals surface area contributed by atoms with Crippen LogP contribution in [0.1, 0.15) is 73.3 Å². The van der Waals surface area contributed by atoms with E-state index in [9.17, 15) is 31.1 Å². The normalized spacial score (nSPS) is 25.9. The fraction of sp³-hybridized carbons (Fsp3) is 0.536. The highest BCUT2D eigenvalue weighted by Gasteiger charge is 2.41. The van der Waals surface area contributed by atoms with E-state index in [0.29, 0.717) is 19.4 Å². The molecule has 2 fully saturated rings. The van der Waals surface area contributed by atoms with E-state index < -0.39 is 35.7 Å². The van der Waals surface area contributed by atoms with Gasteiger partial charge in [-0.25, -0.2) is 0 Å². The predicted octanol–water partition coefficient (Wildman–Crippen LogP) is 6.70. The van der Waals surface area contributed by atoms with Crippen molar-refractivity contribution in [2.24, 2.45) is 11.7 Å². The Labute approximate surface area is 218 Å². The average Bonchev–Trinajstić information content (AvgIpc) is 3.32. The van der Waals surface area contributed by atoms with Crippen molar-refractivity contribution in [2.45, 2.75) is 75.5 Å². The van der Waals surface area contributed by atoms with Gasteiger partial charge in [0.1, 0.15) is 0 Å². The molecular formula is C28H32F6N2O2. The second-order valence-electron chi connectivity index (χ2n) is 10.3. The van der Waals surface area contributed by atoms with Crippen LogP contribution in [0.3, 0.4) is 0 Å². The fourth-order valence-electron chi connectivity index (χ4n) is 5.99. The Bertz CT molecular complexity index is 1070. The summed E-state index contributed by atoms with van der Waals surface area (Å²) in [4.78, 5) is 14.1. The van der Waals surface area contributed by atoms with Crippen LogP contribution in [0.2, 0.25) is 0 Å². The molecule has 38 heavy (non-hydrogen) atoms. The maximum absolute atomic E-state index is 13.4. The molecule has 1 aliphatic carbocycles. The Kier molecular flexibility index (Phi) is 8.42. The number of primary amides is 1. The van der Waals surface area contributed by atoms with E-state index in [-0.39, 0.29) is 35.4 Å². The number of amides is 1. The molecule has 0 spiro atoms. The second kappa shape index (κ2) is 11.3. The number of hydrogen-bond acceptors (Lipinski definition) is 3. The molecule has 4 nitrogen and oxygen atoms in total. The van der Waals surface area contributed by atoms with Crippen molar-refractivity contribution in [3.63, 3.8) is 0 Å². The third kappa shape index (κ3) is 6.51. The fourth-order valence-corrected chi connectivity index (χ4v) is 5.99. The van der Waals surface area contributed by atoms with Crippen molar-refractivity contribution in [1.82, 2.24) is 4.90 Å². The Hall–Kier alpha value is -2.59. The van der Waals surface area contributed by atoms with E-state index in [2.05, 4.69) is 4.90 Å². The van der Waals surface area contributed by atoms with Crippen molar-refractivity contribution in [3.05, 3.63) is 70.8 Å². The summed E-state index contributed by atoms with van der Waals surface area (Å²) in [5.74, 6) is -0.425. The highest BCUT2D eigenvalue weighted by atomic mass is 19.4. The molecule has 2 aromatic carbocycles. The molecular weight excluding hydrogens is 510 g/mol. The van der Waals surface area contributed by atoms with Gasteiger partial charge in [0, 0.05) is 12.5 Å². The highest BCUT2D eigenvalue weighted by molar-refractivity contribution is 5.80. The Morgan fingerprint density at radius 2 is 1.61 bits per heavy atom. The first kappa shape index (κ1) is 28.4. The van der Waals surface area contributed by atoms with Crippen LogP contribution in [-0.4, -0.2) is 36.0 Å². The molecule has 0 aromatic heterocycles. The van der Waals surface area contributed by atoms with Gasteiger partial charge < -0.3 is 10.5 Å². The molecule has 1 saturated carbocycles. The minimum atomic E-state index is -4.93. The van der Waals surface area contributed by atoms with Crippen molar-refractivity contribution >= 4 is 5.91 Å². The minimum absolute atomic E-state index is 0.0792. The van der Waals surface area contributed by atoms with Gasteiger partial charge in [-0.2, -0.15) is 26.3 Å². The molecule has 2 aliphatic rings. The van der Waals surface area contributed by atoms with Crippen LogP contribution < -0.4 is 5.73 Å². The molecule has 208 valence electrons. The van der Waals surface area contributed by atoms with E-state index in [1.807, 2.05) is 30.3 Å². The van der Waals surface area contributed by atoms with E-state index in [4.69, 9.17) is 10.5 Å². The van der Waals surface area contributed by atoms with E-state index in [0.717, 1.165) is 43.5 Å². The van der Waals surface area contributed by atoms with E-state index in [1.165, 1.54) is 6.92 Å². The highest BCUT2D eigenvalue weighted by Crippen LogP contribution is 2.44. The SMILES string of the molecule is C[C@@H](OC1CCC[C@H](CN2CCC[C@H]2C(N)=O)[C@H]1c1ccccc1)c1cc(C(F)(F)F)cc(C(F)(F)F)c1. The van der Waals surface area contributed by atoms with Gasteiger partial charge in [0.15, 0.2) is 0 Å². The van der Waals surface area contributed by atoms with E-state index >= 15 is 0 Å². The standard InChI is InChI=1S/C28H32F6N2O2/c1-17(20-13-21(27(29,30)31)15-22(14-20)28(32,33)34)38-24-11-5-9-19(25(24)18-7-3-2-4-8-18)16-36-12-6-10-23(36)26(35)37/h2-4,7-8,13-15,17,19,23-25H,5-6,9-12,16H2,1H3,(H2,35,37)/t17-,19-,23+,24?,25-/m1/s1. The van der Waals surface area contributed by atoms with Gasteiger partial charge in [-0.05, 0) is 74.4 Å². The number of nitrogens with zero attached hydrogens (tertiary/aromatic N) is 1. The largest absolute Gasteiger partial charge is 0.416 e. The number of rotatable bonds is 7. The molecule has 2 aromatic rings. The smallest absolute Gasteiger partial charge is 0.370 e. The van der Waals surface area contributed by atoms with Crippen molar-refractivity contribution in [2.75, 3.05) is 13.1 Å². The summed E-state index contributed by atoms with van der Waals surface area (Å²) in [6.45, 7) is 2.85. The van der Waals surface area contributed by atoms with Gasteiger partial charge in [0.2, 0.25) is 5.91 Å². The van der Waals surface area contributed by atoms with Crippen LogP contribution in [0.25, 0.3) is 0 Å². The van der Waals surface area contributed by atoms with Crippen LogP contribution in [-0.2, 0) is 21.9 Å². The Balaban J connectivity index is 1.63. The molecule has 10 heteroatoms. The molecule has 1 heterocycles. The number of carbonyl (C=O) groups excluding carboxylic acids is 1. The molecule has 0 bridgehead atoms. The zero-order valence-electron chi connectivity index (χ0n) is 21.1. The third-order valence-corrected chi connectivity index (χ3v) is 7.78. The quantitative estimate of drug-likeness (QED) is 0.396. The summed E-state index contributed by atoms with van der Waals surface area (Å²) < 4.78 is 86.9. The number of likely N-dealkylation sites (tertiary alicyclic amines) is 1. The van der Waals surface area contributed by atoms with Gasteiger partial charge in [-0.15, -0.1) is 0 Å². The molecule has 1 aliphatic heterocycles. The van der Waals surface area contributed by atoms with Crippen LogP contribution in [0, 0.1) is 5.92 Å². The lowest BCUT2D eigenvalue weighted by Crippen LogP contribution is -2.45. The van der Waals surface area contributed by atoms with Crippen molar-refractivity contribution in [1.29, 1.82) is 0 Å². The number of nitrogens with two attached hydrogens (primary N) is 1. The zero-order chi connectivity index (χ0) is 27.7. The lowest BCUT2D eigenvalue weighted by atomic mass is 9.73. The summed E-state index contributed by atoms with van der Waals surface area (Å²) in [5.41, 5.74) is 3.72. The molecule has 0 radical (unpaired) electrons. The first-order chi connectivity index (χ1) is 17.8. The first-order valence-corrected chi connectivity index (χ1v) is 12.9. The lowest BCUT2D eigenvalue weighted by molar-refractivity contribution is -0.143. The number of halogens is 6. The summed E-state index contributed by atoms with van der Waals surface area (Å²) >= 11 is 0. The predicted molar refractivity (Wildman–Crippen MR) is 130 cm³/mol. The van der Waals surface area contributed by atoms with Gasteiger partial charge >= 0.3 is 12.4 Å². The summed E-state index contributed by atoms with van der Waals surface area (Å²) in [7, 11) is 0. The number of carbonyl (C=O) groups is 1. The van der Waals surface area contributed by atoms with E-state index in [1.54, 1.807) is 0 Å². The van der Waals surface area contributed by atoms with Gasteiger partial charge in [-0.3, -0.25) is 9.69 Å². The maximum atomic E-state index is 13.4. The summed E-state index contributed by atoms with van der Waals surface area (Å²) in [5, 5.41) is 0. The van der Waals surface area contributed by atoms with Gasteiger partial charge in [0.25, 0.3) is 0 Å². The minimum Gasteiger partial charge on any atom is -0.370 e. The summed E-state index contributed by atoms with van der Waals surface area (Å²) in [6.07, 6.45) is -7.45. The first-order valence-electron chi connectivity index (χ1n) is 12.9. The van der Waals surface area contributed by atoms with Crippen LogP contribution >= 0.6 is 0 Å². The number of hydrogen-bond donors (Lipinski definition) is 1. The van der Waals surface area contributed by atoms with Gasteiger partial charge in [-0.1, -0.05) is 36.8 Å². The molecule has 5 atom stereocenters. The van der Waals surface area contributed by atoms with Crippen molar-refractivity contribution < 1.29 is 35.9 Å².